The molecule has 0 aromatic heterocycles. The highest BCUT2D eigenvalue weighted by atomic mass is 16.2. The SMILES string of the molecule is CNC(=O)N(C)/N=C/c1ccccc1. The summed E-state index contributed by atoms with van der Waals surface area (Å²) in [6, 6.07) is 9.36. The number of nitrogens with one attached hydrogen (secondary N) is 1. The molecule has 1 aromatic carbocycles. The van der Waals surface area contributed by atoms with Crippen molar-refractivity contribution in [1.29, 1.82) is 0 Å². The first-order valence-corrected chi connectivity index (χ1v) is 4.28. The van der Waals surface area contributed by atoms with Crippen molar-refractivity contribution in [3.05, 3.63) is 35.9 Å². The predicted molar refractivity (Wildman–Crippen MR) is 56.3 cm³/mol. The van der Waals surface area contributed by atoms with Gasteiger partial charge in [-0.25, -0.2) is 9.80 Å². The number of rotatable bonds is 2. The van der Waals surface area contributed by atoms with Crippen LogP contribution in [0.2, 0.25) is 0 Å². The number of amides is 2. The molecular weight excluding hydrogens is 178 g/mol. The highest BCUT2D eigenvalue weighted by molar-refractivity contribution is 5.81. The number of hydrazone groups is 1. The maximum Gasteiger partial charge on any atom is 0.337 e. The van der Waals surface area contributed by atoms with E-state index in [-0.39, 0.29) is 6.03 Å². The lowest BCUT2D eigenvalue weighted by Crippen LogP contribution is -2.30. The minimum atomic E-state index is -0.239. The summed E-state index contributed by atoms with van der Waals surface area (Å²) in [5.74, 6) is 0. The van der Waals surface area contributed by atoms with E-state index in [9.17, 15) is 4.79 Å². The smallest absolute Gasteiger partial charge is 0.337 e. The fourth-order valence-corrected chi connectivity index (χ4v) is 0.907. The van der Waals surface area contributed by atoms with Crippen molar-refractivity contribution in [3.63, 3.8) is 0 Å². The number of nitrogens with zero attached hydrogens (tertiary/aromatic N) is 2. The third-order valence-electron chi connectivity index (χ3n) is 1.69. The zero-order valence-electron chi connectivity index (χ0n) is 8.27. The van der Waals surface area contributed by atoms with Crippen LogP contribution in [0.5, 0.6) is 0 Å². The minimum Gasteiger partial charge on any atom is -0.340 e. The number of hydrogen-bond acceptors (Lipinski definition) is 2. The van der Waals surface area contributed by atoms with Gasteiger partial charge in [-0.2, -0.15) is 5.10 Å². The van der Waals surface area contributed by atoms with Gasteiger partial charge in [0.05, 0.1) is 6.21 Å². The Labute approximate surface area is 83.2 Å². The lowest BCUT2D eigenvalue weighted by atomic mass is 10.2. The average Bonchev–Trinajstić information content (AvgIpc) is 2.26. The molecule has 14 heavy (non-hydrogen) atoms. The summed E-state index contributed by atoms with van der Waals surface area (Å²) in [6.07, 6.45) is 1.63. The van der Waals surface area contributed by atoms with Crippen molar-refractivity contribution in [2.75, 3.05) is 14.1 Å². The second-order valence-electron chi connectivity index (χ2n) is 2.73. The van der Waals surface area contributed by atoms with Gasteiger partial charge in [0.25, 0.3) is 0 Å². The van der Waals surface area contributed by atoms with Crippen LogP contribution < -0.4 is 5.32 Å². The van der Waals surface area contributed by atoms with Crippen LogP contribution in [0.3, 0.4) is 0 Å². The summed E-state index contributed by atoms with van der Waals surface area (Å²) in [7, 11) is 3.16. The maximum atomic E-state index is 11.0. The van der Waals surface area contributed by atoms with Crippen molar-refractivity contribution >= 4 is 12.2 Å². The van der Waals surface area contributed by atoms with Crippen molar-refractivity contribution in [2.24, 2.45) is 5.10 Å². The standard InChI is InChI=1S/C10H13N3O/c1-11-10(14)13(2)12-8-9-6-4-3-5-7-9/h3-8H,1-2H3,(H,11,14)/b12-8+. The number of carbonyl (C=O) groups is 1. The molecule has 4 nitrogen and oxygen atoms in total. The molecule has 0 aliphatic carbocycles. The monoisotopic (exact) mass is 191 g/mol. The molecule has 0 unspecified atom stereocenters. The van der Waals surface area contributed by atoms with E-state index < -0.39 is 0 Å². The molecule has 1 rings (SSSR count). The number of hydrogen-bond donors (Lipinski definition) is 1. The second-order valence-corrected chi connectivity index (χ2v) is 2.73. The van der Waals surface area contributed by atoms with E-state index in [0.29, 0.717) is 0 Å². The van der Waals surface area contributed by atoms with Gasteiger partial charge in [0.15, 0.2) is 0 Å². The van der Waals surface area contributed by atoms with Crippen LogP contribution in [-0.2, 0) is 0 Å². The van der Waals surface area contributed by atoms with Gasteiger partial charge < -0.3 is 5.32 Å². The van der Waals surface area contributed by atoms with E-state index >= 15 is 0 Å². The van der Waals surface area contributed by atoms with Gasteiger partial charge in [-0.15, -0.1) is 0 Å². The van der Waals surface area contributed by atoms with Crippen molar-refractivity contribution in [1.82, 2.24) is 10.3 Å². The zero-order chi connectivity index (χ0) is 10.4. The predicted octanol–water partition coefficient (Wildman–Crippen LogP) is 1.29. The second kappa shape index (κ2) is 5.01. The summed E-state index contributed by atoms with van der Waals surface area (Å²) in [5, 5.41) is 7.68. The van der Waals surface area contributed by atoms with E-state index in [0.717, 1.165) is 5.56 Å². The molecule has 74 valence electrons. The molecular formula is C10H13N3O. The van der Waals surface area contributed by atoms with E-state index in [1.807, 2.05) is 30.3 Å². The molecule has 2 amide bonds. The quantitative estimate of drug-likeness (QED) is 0.555. The van der Waals surface area contributed by atoms with Crippen molar-refractivity contribution in [3.8, 4) is 0 Å². The van der Waals surface area contributed by atoms with Crippen LogP contribution in [0.1, 0.15) is 5.56 Å². The van der Waals surface area contributed by atoms with E-state index in [1.54, 1.807) is 20.3 Å². The van der Waals surface area contributed by atoms with Gasteiger partial charge in [0.1, 0.15) is 0 Å². The average molecular weight is 191 g/mol. The van der Waals surface area contributed by atoms with Crippen LogP contribution in [0.25, 0.3) is 0 Å². The zero-order valence-corrected chi connectivity index (χ0v) is 8.27. The first-order valence-electron chi connectivity index (χ1n) is 4.28. The minimum absolute atomic E-state index is 0.239. The van der Waals surface area contributed by atoms with E-state index in [4.69, 9.17) is 0 Å². The number of carbonyl (C=O) groups excluding carboxylic acids is 1. The van der Waals surface area contributed by atoms with Crippen LogP contribution in [-0.4, -0.2) is 31.3 Å². The highest BCUT2D eigenvalue weighted by Gasteiger charge is 2.00. The van der Waals surface area contributed by atoms with Crippen LogP contribution in [0.4, 0.5) is 4.79 Å². The molecule has 0 aliphatic rings. The van der Waals surface area contributed by atoms with Gasteiger partial charge in [-0.05, 0) is 5.56 Å². The first kappa shape index (κ1) is 10.2. The van der Waals surface area contributed by atoms with Gasteiger partial charge in [-0.1, -0.05) is 30.3 Å². The fraction of sp³-hybridized carbons (Fsp3) is 0.200. The Balaban J connectivity index is 2.60. The molecule has 4 heteroatoms. The molecule has 0 atom stereocenters. The van der Waals surface area contributed by atoms with Crippen LogP contribution in [0.15, 0.2) is 35.4 Å². The summed E-state index contributed by atoms with van der Waals surface area (Å²) >= 11 is 0. The Morgan fingerprint density at radius 3 is 2.64 bits per heavy atom. The Morgan fingerprint density at radius 2 is 2.07 bits per heavy atom. The highest BCUT2D eigenvalue weighted by Crippen LogP contribution is 1.94. The Kier molecular flexibility index (Phi) is 3.67. The molecule has 0 fully saturated rings. The Hall–Kier alpha value is -1.84. The van der Waals surface area contributed by atoms with Crippen LogP contribution in [0, 0.1) is 0 Å². The molecule has 0 saturated carbocycles. The molecule has 0 bridgehead atoms. The van der Waals surface area contributed by atoms with E-state index in [2.05, 4.69) is 10.4 Å². The normalized spacial score (nSPS) is 10.1. The van der Waals surface area contributed by atoms with Gasteiger partial charge in [0.2, 0.25) is 0 Å². The van der Waals surface area contributed by atoms with Crippen molar-refractivity contribution < 1.29 is 4.79 Å². The summed E-state index contributed by atoms with van der Waals surface area (Å²) in [4.78, 5) is 11.0. The molecule has 1 aromatic rings. The largest absolute Gasteiger partial charge is 0.340 e. The Morgan fingerprint density at radius 1 is 1.43 bits per heavy atom. The van der Waals surface area contributed by atoms with Gasteiger partial charge in [-0.3, -0.25) is 0 Å². The molecule has 0 aliphatic heterocycles. The molecule has 0 heterocycles. The first-order chi connectivity index (χ1) is 6.74. The third-order valence-corrected chi connectivity index (χ3v) is 1.69. The topological polar surface area (TPSA) is 44.7 Å². The van der Waals surface area contributed by atoms with Crippen LogP contribution >= 0.6 is 0 Å². The summed E-state index contributed by atoms with van der Waals surface area (Å²) < 4.78 is 0. The van der Waals surface area contributed by atoms with Crippen molar-refractivity contribution in [2.45, 2.75) is 0 Å². The summed E-state index contributed by atoms with van der Waals surface area (Å²) in [6.45, 7) is 0. The number of urea groups is 1. The molecule has 0 radical (unpaired) electrons. The lowest BCUT2D eigenvalue weighted by Gasteiger charge is -2.08. The number of benzene rings is 1. The lowest BCUT2D eigenvalue weighted by molar-refractivity contribution is 0.213. The summed E-state index contributed by atoms with van der Waals surface area (Å²) in [5.41, 5.74) is 0.961. The van der Waals surface area contributed by atoms with Gasteiger partial charge >= 0.3 is 6.03 Å². The molecule has 0 saturated heterocycles. The van der Waals surface area contributed by atoms with Gasteiger partial charge in [0, 0.05) is 14.1 Å². The van der Waals surface area contributed by atoms with E-state index in [1.165, 1.54) is 5.01 Å². The third kappa shape index (κ3) is 2.90. The molecule has 0 spiro atoms. The Bertz CT molecular complexity index is 321. The molecule has 1 N–H and O–H groups in total. The fourth-order valence-electron chi connectivity index (χ4n) is 0.907. The maximum absolute atomic E-state index is 11.0.